The molecule has 1 atom stereocenters. The Bertz CT molecular complexity index is 614. The Hall–Kier alpha value is -2.41. The zero-order chi connectivity index (χ0) is 16.3. The van der Waals surface area contributed by atoms with Crippen LogP contribution in [-0.4, -0.2) is 53.9 Å². The van der Waals surface area contributed by atoms with Crippen LogP contribution in [-0.2, 0) is 9.59 Å². The van der Waals surface area contributed by atoms with Gasteiger partial charge in [-0.3, -0.25) is 19.3 Å². The van der Waals surface area contributed by atoms with Gasteiger partial charge in [0.25, 0.3) is 5.91 Å². The number of ether oxygens (including phenoxy) is 1. The molecule has 2 N–H and O–H groups in total. The number of hydrogen-bond acceptors (Lipinski definition) is 5. The molecule has 7 nitrogen and oxygen atoms in total. The van der Waals surface area contributed by atoms with E-state index in [1.807, 2.05) is 0 Å². The van der Waals surface area contributed by atoms with Crippen LogP contribution in [0.25, 0.3) is 0 Å². The summed E-state index contributed by atoms with van der Waals surface area (Å²) in [6, 6.07) is 4.86. The number of carbonyl (C=O) groups is 3. The summed E-state index contributed by atoms with van der Waals surface area (Å²) in [4.78, 5) is 35.9. The minimum atomic E-state index is -0.901. The summed E-state index contributed by atoms with van der Waals surface area (Å²) in [5.41, 5.74) is 0.918. The fourth-order valence-electron chi connectivity index (χ4n) is 2.08. The Labute approximate surface area is 127 Å². The van der Waals surface area contributed by atoms with Gasteiger partial charge in [-0.2, -0.15) is 0 Å². The molecule has 1 amide bonds. The molecule has 0 spiro atoms. The fraction of sp³-hybridized carbons (Fsp3) is 0.400. The van der Waals surface area contributed by atoms with Crippen molar-refractivity contribution in [2.45, 2.75) is 19.4 Å². The second-order valence-corrected chi connectivity index (χ2v) is 5.26. The van der Waals surface area contributed by atoms with Crippen LogP contribution in [0.15, 0.2) is 18.2 Å². The van der Waals surface area contributed by atoms with Gasteiger partial charge < -0.3 is 15.2 Å². The van der Waals surface area contributed by atoms with Crippen molar-refractivity contribution >= 4 is 23.3 Å². The third-order valence-corrected chi connectivity index (χ3v) is 3.35. The maximum Gasteiger partial charge on any atom is 0.304 e. The summed E-state index contributed by atoms with van der Waals surface area (Å²) in [5, 5.41) is 11.3. The minimum absolute atomic E-state index is 0.0181. The molecule has 0 saturated carbocycles. The molecule has 22 heavy (non-hydrogen) atoms. The molecule has 2 rings (SSSR count). The van der Waals surface area contributed by atoms with Gasteiger partial charge in [-0.05, 0) is 32.2 Å². The van der Waals surface area contributed by atoms with Crippen molar-refractivity contribution in [2.75, 3.05) is 25.5 Å². The van der Waals surface area contributed by atoms with Crippen LogP contribution in [0.4, 0.5) is 5.69 Å². The lowest BCUT2D eigenvalue weighted by Crippen LogP contribution is -2.34. The molecule has 1 aromatic carbocycles. The molecule has 118 valence electrons. The van der Waals surface area contributed by atoms with Crippen LogP contribution < -0.4 is 10.1 Å². The molecule has 0 aliphatic carbocycles. The highest BCUT2D eigenvalue weighted by molar-refractivity contribution is 6.02. The zero-order valence-corrected chi connectivity index (χ0v) is 12.5. The van der Waals surface area contributed by atoms with Gasteiger partial charge in [-0.1, -0.05) is 0 Å². The standard InChI is InChI=1S/C15H18N2O5/c1-9-15(21)16-11-7-10(3-4-13(11)22-9)12(18)8-17(2)6-5-14(19)20/h3-4,7,9H,5-6,8H2,1-2H3,(H,16,21)(H,19,20). The number of anilines is 1. The number of ketones is 1. The van der Waals surface area contributed by atoms with Crippen LogP contribution in [0.5, 0.6) is 5.75 Å². The summed E-state index contributed by atoms with van der Waals surface area (Å²) in [7, 11) is 1.69. The third-order valence-electron chi connectivity index (χ3n) is 3.35. The van der Waals surface area contributed by atoms with E-state index < -0.39 is 12.1 Å². The maximum absolute atomic E-state index is 12.2. The number of fused-ring (bicyclic) bond motifs is 1. The summed E-state index contributed by atoms with van der Waals surface area (Å²) >= 11 is 0. The number of amides is 1. The summed E-state index contributed by atoms with van der Waals surface area (Å²) in [6.45, 7) is 2.05. The van der Waals surface area contributed by atoms with Gasteiger partial charge in [-0.15, -0.1) is 0 Å². The van der Waals surface area contributed by atoms with Crippen molar-refractivity contribution in [1.29, 1.82) is 0 Å². The molecule has 1 heterocycles. The summed E-state index contributed by atoms with van der Waals surface area (Å²) in [5.74, 6) is -0.774. The molecule has 7 heteroatoms. The van der Waals surface area contributed by atoms with Crippen molar-refractivity contribution in [3.05, 3.63) is 23.8 Å². The van der Waals surface area contributed by atoms with E-state index in [2.05, 4.69) is 5.32 Å². The third kappa shape index (κ3) is 3.82. The Morgan fingerprint density at radius 2 is 2.14 bits per heavy atom. The van der Waals surface area contributed by atoms with Crippen LogP contribution in [0.3, 0.4) is 0 Å². The predicted octanol–water partition coefficient (Wildman–Crippen LogP) is 0.995. The summed E-state index contributed by atoms with van der Waals surface area (Å²) in [6.07, 6.45) is -0.577. The highest BCUT2D eigenvalue weighted by atomic mass is 16.5. The predicted molar refractivity (Wildman–Crippen MR) is 79.2 cm³/mol. The van der Waals surface area contributed by atoms with E-state index >= 15 is 0 Å². The van der Waals surface area contributed by atoms with E-state index in [9.17, 15) is 14.4 Å². The lowest BCUT2D eigenvalue weighted by atomic mass is 10.1. The number of rotatable bonds is 6. The van der Waals surface area contributed by atoms with Crippen LogP contribution in [0.2, 0.25) is 0 Å². The van der Waals surface area contributed by atoms with Crippen molar-refractivity contribution in [1.82, 2.24) is 4.90 Å². The topological polar surface area (TPSA) is 95.9 Å². The first-order valence-electron chi connectivity index (χ1n) is 6.92. The Morgan fingerprint density at radius 3 is 2.82 bits per heavy atom. The number of aliphatic carboxylic acids is 1. The average Bonchev–Trinajstić information content (AvgIpc) is 2.45. The molecule has 1 aliphatic heterocycles. The van der Waals surface area contributed by atoms with Crippen LogP contribution >= 0.6 is 0 Å². The molecule has 0 fully saturated rings. The van der Waals surface area contributed by atoms with Gasteiger partial charge in [0.15, 0.2) is 11.9 Å². The second-order valence-electron chi connectivity index (χ2n) is 5.26. The van der Waals surface area contributed by atoms with Gasteiger partial charge in [0.05, 0.1) is 18.7 Å². The molecule has 1 aromatic rings. The van der Waals surface area contributed by atoms with Crippen molar-refractivity contribution < 1.29 is 24.2 Å². The largest absolute Gasteiger partial charge is 0.481 e. The van der Waals surface area contributed by atoms with Crippen LogP contribution in [0, 0.1) is 0 Å². The molecule has 1 unspecified atom stereocenters. The van der Waals surface area contributed by atoms with E-state index in [-0.39, 0.29) is 24.7 Å². The van der Waals surface area contributed by atoms with E-state index in [0.29, 0.717) is 23.5 Å². The molecule has 0 saturated heterocycles. The number of nitrogens with zero attached hydrogens (tertiary/aromatic N) is 1. The lowest BCUT2D eigenvalue weighted by molar-refractivity contribution is -0.137. The SMILES string of the molecule is CC1Oc2ccc(C(=O)CN(C)CCC(=O)O)cc2NC1=O. The molecule has 0 bridgehead atoms. The highest BCUT2D eigenvalue weighted by Crippen LogP contribution is 2.30. The molecule has 1 aliphatic rings. The van der Waals surface area contributed by atoms with E-state index in [4.69, 9.17) is 9.84 Å². The number of hydrogen-bond donors (Lipinski definition) is 2. The van der Waals surface area contributed by atoms with Crippen molar-refractivity contribution in [3.8, 4) is 5.75 Å². The Kier molecular flexibility index (Phi) is 4.77. The monoisotopic (exact) mass is 306 g/mol. The van der Waals surface area contributed by atoms with Crippen molar-refractivity contribution in [3.63, 3.8) is 0 Å². The number of nitrogens with one attached hydrogen (secondary N) is 1. The number of carbonyl (C=O) groups excluding carboxylic acids is 2. The minimum Gasteiger partial charge on any atom is -0.481 e. The van der Waals surface area contributed by atoms with Gasteiger partial charge in [0.1, 0.15) is 5.75 Å². The fourth-order valence-corrected chi connectivity index (χ4v) is 2.08. The molecule has 0 aromatic heterocycles. The van der Waals surface area contributed by atoms with Crippen molar-refractivity contribution in [2.24, 2.45) is 0 Å². The van der Waals surface area contributed by atoms with Gasteiger partial charge in [0, 0.05) is 12.1 Å². The first-order chi connectivity index (χ1) is 10.4. The average molecular weight is 306 g/mol. The number of likely N-dealkylation sites (N-methyl/N-ethyl adjacent to an activating group) is 1. The number of benzene rings is 1. The second kappa shape index (κ2) is 6.57. The van der Waals surface area contributed by atoms with E-state index in [1.165, 1.54) is 0 Å². The zero-order valence-electron chi connectivity index (χ0n) is 12.5. The molecule has 0 radical (unpaired) electrons. The molecular weight excluding hydrogens is 288 g/mol. The normalized spacial score (nSPS) is 16.7. The quantitative estimate of drug-likeness (QED) is 0.761. The summed E-state index contributed by atoms with van der Waals surface area (Å²) < 4.78 is 5.43. The van der Waals surface area contributed by atoms with E-state index in [0.717, 1.165) is 0 Å². The first-order valence-corrected chi connectivity index (χ1v) is 6.92. The Balaban J connectivity index is 2.04. The molecular formula is C15H18N2O5. The van der Waals surface area contributed by atoms with Gasteiger partial charge in [-0.25, -0.2) is 0 Å². The van der Waals surface area contributed by atoms with E-state index in [1.54, 1.807) is 37.1 Å². The number of Topliss-reactive ketones (excluding diaryl/α,β-unsaturated/α-hetero) is 1. The number of carboxylic acid groups (broad SMARTS) is 1. The number of carboxylic acids is 1. The van der Waals surface area contributed by atoms with Gasteiger partial charge >= 0.3 is 5.97 Å². The Morgan fingerprint density at radius 1 is 1.41 bits per heavy atom. The first kappa shape index (κ1) is 16.0. The maximum atomic E-state index is 12.2. The van der Waals surface area contributed by atoms with Gasteiger partial charge in [0.2, 0.25) is 0 Å². The smallest absolute Gasteiger partial charge is 0.304 e. The lowest BCUT2D eigenvalue weighted by Gasteiger charge is -2.23. The van der Waals surface area contributed by atoms with Crippen LogP contribution in [0.1, 0.15) is 23.7 Å². The highest BCUT2D eigenvalue weighted by Gasteiger charge is 2.24.